The molecule has 4 aromatic carbocycles. The van der Waals surface area contributed by atoms with Crippen molar-refractivity contribution in [1.29, 1.82) is 0 Å². The van der Waals surface area contributed by atoms with Crippen LogP contribution in [0.4, 0.5) is 0 Å². The molecule has 299 valence electrons. The molecule has 6 aliphatic rings. The maximum Gasteiger partial charge on any atom is 1.00 e. The number of methoxy groups -OCH3 is 4. The summed E-state index contributed by atoms with van der Waals surface area (Å²) in [5.41, 5.74) is 12.3. The molecular formula is C46H53BN2NaO8. The van der Waals surface area contributed by atoms with Gasteiger partial charge in [0, 0.05) is 61.4 Å². The molecule has 0 N–H and O–H groups in total. The van der Waals surface area contributed by atoms with Crippen LogP contribution in [0.25, 0.3) is 11.3 Å². The molecule has 0 saturated carbocycles. The summed E-state index contributed by atoms with van der Waals surface area (Å²) >= 11 is 0. The molecule has 0 spiro atoms. The third-order valence-corrected chi connectivity index (χ3v) is 13.1. The van der Waals surface area contributed by atoms with Crippen molar-refractivity contribution in [3.63, 3.8) is 0 Å². The third-order valence-electron chi connectivity index (χ3n) is 13.1. The molecule has 4 aromatic rings. The van der Waals surface area contributed by atoms with Gasteiger partial charge < -0.3 is 44.2 Å². The van der Waals surface area contributed by atoms with Crippen LogP contribution in [-0.4, -0.2) is 73.3 Å². The zero-order valence-electron chi connectivity index (χ0n) is 36.8. The van der Waals surface area contributed by atoms with Gasteiger partial charge in [0.2, 0.25) is 13.6 Å². The summed E-state index contributed by atoms with van der Waals surface area (Å²) in [5.74, 6) is 6.98. The first kappa shape index (κ1) is 42.0. The Bertz CT molecular complexity index is 2320. The molecule has 12 heteroatoms. The van der Waals surface area contributed by atoms with Gasteiger partial charge in [0.05, 0.1) is 34.0 Å². The van der Waals surface area contributed by atoms with Crippen molar-refractivity contribution in [2.45, 2.75) is 77.4 Å². The Kier molecular flexibility index (Phi) is 11.2. The molecule has 2 unspecified atom stereocenters. The minimum absolute atomic E-state index is 0. The smallest absolute Gasteiger partial charge is 1.00 e. The Morgan fingerprint density at radius 1 is 0.638 bits per heavy atom. The van der Waals surface area contributed by atoms with Gasteiger partial charge in [0.1, 0.15) is 0 Å². The van der Waals surface area contributed by atoms with Gasteiger partial charge in [-0.3, -0.25) is 4.90 Å². The van der Waals surface area contributed by atoms with Crippen LogP contribution < -0.4 is 67.5 Å². The van der Waals surface area contributed by atoms with Gasteiger partial charge in [-0.15, -0.1) is 0 Å². The van der Waals surface area contributed by atoms with Crippen LogP contribution in [0, 0.1) is 0 Å². The van der Waals surface area contributed by atoms with E-state index in [-0.39, 0.29) is 50.5 Å². The summed E-state index contributed by atoms with van der Waals surface area (Å²) in [5, 5.41) is 0. The van der Waals surface area contributed by atoms with E-state index in [1.54, 1.807) is 28.4 Å². The second-order valence-corrected chi connectivity index (χ2v) is 16.4. The van der Waals surface area contributed by atoms with Crippen LogP contribution in [0.1, 0.15) is 99.4 Å². The average molecular weight is 796 g/mol. The summed E-state index contributed by atoms with van der Waals surface area (Å²) < 4.78 is 45.4. The van der Waals surface area contributed by atoms with Crippen molar-refractivity contribution >= 4 is 19.7 Å². The van der Waals surface area contributed by atoms with Crippen molar-refractivity contribution in [2.75, 3.05) is 55.1 Å². The van der Waals surface area contributed by atoms with Crippen LogP contribution in [0.5, 0.6) is 46.0 Å². The summed E-state index contributed by atoms with van der Waals surface area (Å²) in [6, 6.07) is 17.3. The number of ether oxygens (including phenoxy) is 8. The van der Waals surface area contributed by atoms with E-state index in [1.165, 1.54) is 55.8 Å². The molecule has 6 aliphatic heterocycles. The third kappa shape index (κ3) is 6.13. The van der Waals surface area contributed by atoms with E-state index in [9.17, 15) is 0 Å². The van der Waals surface area contributed by atoms with Crippen LogP contribution in [0.3, 0.4) is 0 Å². The number of benzene rings is 4. The Hall–Kier alpha value is -4.16. The van der Waals surface area contributed by atoms with E-state index < -0.39 is 0 Å². The maximum atomic E-state index is 5.84. The Labute approximate surface area is 368 Å². The van der Waals surface area contributed by atoms with Gasteiger partial charge in [-0.25, -0.2) is 0 Å². The maximum absolute atomic E-state index is 5.84. The van der Waals surface area contributed by atoms with Crippen molar-refractivity contribution in [3.8, 4) is 46.0 Å². The van der Waals surface area contributed by atoms with Crippen LogP contribution in [0.15, 0.2) is 48.5 Å². The van der Waals surface area contributed by atoms with Crippen molar-refractivity contribution in [1.82, 2.24) is 9.80 Å². The number of rotatable bonds is 4. The number of allylic oxidation sites excluding steroid dienone is 1. The minimum Gasteiger partial charge on any atom is -1.00 e. The predicted octanol–water partition coefficient (Wildman–Crippen LogP) is 5.55. The van der Waals surface area contributed by atoms with Crippen molar-refractivity contribution in [2.24, 2.45) is 0 Å². The molecule has 10 rings (SSSR count). The minimum atomic E-state index is -0.238. The molecule has 0 amide bonds. The fourth-order valence-corrected chi connectivity index (χ4v) is 10.4. The first-order chi connectivity index (χ1) is 26.9. The molecule has 0 saturated heterocycles. The van der Waals surface area contributed by atoms with Gasteiger partial charge >= 0.3 is 29.6 Å². The first-order valence-corrected chi connectivity index (χ1v) is 19.6. The fraction of sp³-hybridized carbons (Fsp3) is 0.435. The monoisotopic (exact) mass is 795 g/mol. The van der Waals surface area contributed by atoms with Crippen molar-refractivity contribution < 1.29 is 68.9 Å². The first-order valence-electron chi connectivity index (χ1n) is 19.6. The Morgan fingerprint density at radius 2 is 1.19 bits per heavy atom. The summed E-state index contributed by atoms with van der Waals surface area (Å²) in [7, 11) is 6.84. The second kappa shape index (κ2) is 15.5. The Balaban J connectivity index is 0.000000189. The molecule has 2 atom stereocenters. The molecule has 58 heavy (non-hydrogen) atoms. The van der Waals surface area contributed by atoms with Crippen LogP contribution >= 0.6 is 0 Å². The normalized spacial score (nSPS) is 20.6. The molecule has 3 radical (unpaired) electrons. The van der Waals surface area contributed by atoms with E-state index in [2.05, 4.69) is 87.7 Å². The van der Waals surface area contributed by atoms with Gasteiger partial charge in [0.15, 0.2) is 46.0 Å². The summed E-state index contributed by atoms with van der Waals surface area (Å²) in [4.78, 5) is 5.11. The molecule has 0 fully saturated rings. The number of nitrogens with zero attached hydrogens (tertiary/aromatic N) is 2. The molecule has 0 bridgehead atoms. The van der Waals surface area contributed by atoms with E-state index in [1.807, 2.05) is 12.1 Å². The van der Waals surface area contributed by atoms with Gasteiger partial charge in [-0.2, -0.15) is 0 Å². The fourth-order valence-electron chi connectivity index (χ4n) is 10.4. The molecule has 0 aliphatic carbocycles. The number of fused-ring (bicyclic) bond motifs is 10. The Morgan fingerprint density at radius 3 is 1.81 bits per heavy atom. The van der Waals surface area contributed by atoms with Crippen LogP contribution in [0.2, 0.25) is 0 Å². The molecule has 10 nitrogen and oxygen atoms in total. The van der Waals surface area contributed by atoms with E-state index in [0.29, 0.717) is 25.5 Å². The number of hydrogen-bond donors (Lipinski definition) is 0. The molecule has 6 heterocycles. The predicted molar refractivity (Wildman–Crippen MR) is 222 cm³/mol. The number of hydrogen-bond acceptors (Lipinski definition) is 10. The van der Waals surface area contributed by atoms with E-state index in [0.717, 1.165) is 71.9 Å². The quantitative estimate of drug-likeness (QED) is 0.246. The second-order valence-electron chi connectivity index (χ2n) is 16.4. The summed E-state index contributed by atoms with van der Waals surface area (Å²) in [6.07, 6.45) is 1.97. The van der Waals surface area contributed by atoms with Gasteiger partial charge in [0.25, 0.3) is 0 Å². The molecular weight excluding hydrogens is 742 g/mol. The summed E-state index contributed by atoms with van der Waals surface area (Å²) in [6.45, 7) is 16.2. The average Bonchev–Trinajstić information content (AvgIpc) is 3.87. The standard InChI is InChI=1S/C23H27NO4.C23H25NO4.B.Na.H/c2*1-13-15-6-7-17(25-4)22(26-5)20(15)23(2,3)24-9-8-14-10-18-19(28-12-27-18)11-16(14)21(13)24;;;/h6-7,10-11,13,21H,8-9,12H2,1-5H3;6-7,10-11H,8-9,12H2,1-5H3;;;/q;;;+1;-1. The zero-order chi connectivity index (χ0) is 39.3. The van der Waals surface area contributed by atoms with Gasteiger partial charge in [-0.1, -0.05) is 19.1 Å². The van der Waals surface area contributed by atoms with E-state index >= 15 is 0 Å². The topological polar surface area (TPSA) is 80.3 Å². The zero-order valence-corrected chi connectivity index (χ0v) is 37.8. The SMILES string of the molecule is COc1ccc2c(c1OC)C(C)(C)N1CCc3cc4c(cc3C1=C2C)OCO4.COc1ccc2c(c1OC)C(C)(C)N1CCc3cc4c(cc3C1C2C)OCO4.[B].[H-].[Na+]. The van der Waals surface area contributed by atoms with Gasteiger partial charge in [-0.05, 0) is 117 Å². The van der Waals surface area contributed by atoms with Crippen molar-refractivity contribution in [3.05, 3.63) is 93.0 Å². The van der Waals surface area contributed by atoms with Crippen LogP contribution in [-0.2, 0) is 23.9 Å². The van der Waals surface area contributed by atoms with E-state index in [4.69, 9.17) is 37.9 Å². The largest absolute Gasteiger partial charge is 1.00 e. The molecule has 0 aromatic heterocycles.